The van der Waals surface area contributed by atoms with Crippen molar-refractivity contribution in [3.63, 3.8) is 0 Å². The molecule has 1 unspecified atom stereocenters. The van der Waals surface area contributed by atoms with E-state index in [2.05, 4.69) is 18.9 Å². The smallest absolute Gasteiger partial charge is 0.0630 e. The standard InChI is InChI=1S/C8H20N2O/c1-4-5-10(2)8(6-9)7-11-3/h8H,4-7,9H2,1-3H3. The van der Waals surface area contributed by atoms with Crippen molar-refractivity contribution in [2.75, 3.05) is 33.9 Å². The first kappa shape index (κ1) is 10.9. The van der Waals surface area contributed by atoms with Gasteiger partial charge in [0.05, 0.1) is 6.61 Å². The zero-order chi connectivity index (χ0) is 8.69. The van der Waals surface area contributed by atoms with Gasteiger partial charge in [0.2, 0.25) is 0 Å². The number of nitrogens with zero attached hydrogens (tertiary/aromatic N) is 1. The second-order valence-electron chi connectivity index (χ2n) is 2.83. The summed E-state index contributed by atoms with van der Waals surface area (Å²) in [4.78, 5) is 2.24. The van der Waals surface area contributed by atoms with Crippen LogP contribution in [0.2, 0.25) is 0 Å². The van der Waals surface area contributed by atoms with Crippen molar-refractivity contribution in [2.24, 2.45) is 5.73 Å². The molecule has 0 aromatic rings. The van der Waals surface area contributed by atoms with Gasteiger partial charge in [-0.25, -0.2) is 0 Å². The largest absolute Gasteiger partial charge is 0.383 e. The topological polar surface area (TPSA) is 38.5 Å². The molecular formula is C8H20N2O. The molecule has 1 atom stereocenters. The highest BCUT2D eigenvalue weighted by atomic mass is 16.5. The van der Waals surface area contributed by atoms with Crippen molar-refractivity contribution in [3.05, 3.63) is 0 Å². The molecule has 3 nitrogen and oxygen atoms in total. The molecule has 0 bridgehead atoms. The van der Waals surface area contributed by atoms with E-state index in [0.29, 0.717) is 12.6 Å². The summed E-state index contributed by atoms with van der Waals surface area (Å²) in [5.41, 5.74) is 5.57. The molecule has 2 N–H and O–H groups in total. The minimum absolute atomic E-state index is 0.375. The number of ether oxygens (including phenoxy) is 1. The van der Waals surface area contributed by atoms with E-state index in [4.69, 9.17) is 10.5 Å². The van der Waals surface area contributed by atoms with Crippen LogP contribution in [-0.2, 0) is 4.74 Å². The summed E-state index contributed by atoms with van der Waals surface area (Å²) in [7, 11) is 3.79. The van der Waals surface area contributed by atoms with Crippen molar-refractivity contribution in [2.45, 2.75) is 19.4 Å². The van der Waals surface area contributed by atoms with Gasteiger partial charge >= 0.3 is 0 Å². The van der Waals surface area contributed by atoms with Crippen molar-refractivity contribution in [3.8, 4) is 0 Å². The molecule has 0 saturated heterocycles. The third-order valence-electron chi connectivity index (χ3n) is 1.83. The zero-order valence-electron chi connectivity index (χ0n) is 7.84. The maximum absolute atomic E-state index is 5.57. The molecular weight excluding hydrogens is 140 g/mol. The molecule has 0 heterocycles. The molecule has 0 saturated carbocycles. The van der Waals surface area contributed by atoms with Gasteiger partial charge in [-0.15, -0.1) is 0 Å². The summed E-state index contributed by atoms with van der Waals surface area (Å²) in [6.45, 7) is 4.65. The molecule has 0 aliphatic carbocycles. The Balaban J connectivity index is 3.61. The maximum Gasteiger partial charge on any atom is 0.0630 e. The number of rotatable bonds is 6. The van der Waals surface area contributed by atoms with E-state index in [9.17, 15) is 0 Å². The molecule has 68 valence electrons. The van der Waals surface area contributed by atoms with Gasteiger partial charge in [0, 0.05) is 19.7 Å². The van der Waals surface area contributed by atoms with E-state index in [1.807, 2.05) is 0 Å². The Hall–Kier alpha value is -0.120. The Morgan fingerprint density at radius 2 is 2.18 bits per heavy atom. The van der Waals surface area contributed by atoms with Gasteiger partial charge in [-0.05, 0) is 20.0 Å². The Bertz CT molecular complexity index is 88.2. The van der Waals surface area contributed by atoms with E-state index in [1.54, 1.807) is 7.11 Å². The fourth-order valence-electron chi connectivity index (χ4n) is 1.10. The average Bonchev–Trinajstić information content (AvgIpc) is 2.00. The third-order valence-corrected chi connectivity index (χ3v) is 1.83. The zero-order valence-corrected chi connectivity index (χ0v) is 7.84. The Kier molecular flexibility index (Phi) is 6.51. The summed E-state index contributed by atoms with van der Waals surface area (Å²) in [6, 6.07) is 0.375. The lowest BCUT2D eigenvalue weighted by atomic mass is 10.2. The minimum atomic E-state index is 0.375. The quantitative estimate of drug-likeness (QED) is 0.607. The Morgan fingerprint density at radius 1 is 1.55 bits per heavy atom. The molecule has 0 aliphatic heterocycles. The first-order chi connectivity index (χ1) is 5.26. The van der Waals surface area contributed by atoms with Crippen LogP contribution in [0.5, 0.6) is 0 Å². The normalized spacial score (nSPS) is 13.9. The van der Waals surface area contributed by atoms with E-state index < -0.39 is 0 Å². The van der Waals surface area contributed by atoms with Crippen LogP contribution in [0.4, 0.5) is 0 Å². The molecule has 3 heteroatoms. The summed E-state index contributed by atoms with van der Waals surface area (Å²) in [5.74, 6) is 0. The molecule has 11 heavy (non-hydrogen) atoms. The lowest BCUT2D eigenvalue weighted by Gasteiger charge is -2.25. The van der Waals surface area contributed by atoms with Gasteiger partial charge in [0.1, 0.15) is 0 Å². The van der Waals surface area contributed by atoms with Gasteiger partial charge in [0.25, 0.3) is 0 Å². The van der Waals surface area contributed by atoms with Gasteiger partial charge in [-0.2, -0.15) is 0 Å². The van der Waals surface area contributed by atoms with Crippen LogP contribution >= 0.6 is 0 Å². The maximum atomic E-state index is 5.57. The molecule has 0 amide bonds. The number of hydrogen-bond acceptors (Lipinski definition) is 3. The van der Waals surface area contributed by atoms with Crippen LogP contribution in [0.3, 0.4) is 0 Å². The van der Waals surface area contributed by atoms with Crippen molar-refractivity contribution in [1.29, 1.82) is 0 Å². The van der Waals surface area contributed by atoms with E-state index in [0.717, 1.165) is 19.6 Å². The highest BCUT2D eigenvalue weighted by Crippen LogP contribution is 1.95. The molecule has 0 aromatic carbocycles. The predicted octanol–water partition coefficient (Wildman–Crippen LogP) is 0.302. The first-order valence-electron chi connectivity index (χ1n) is 4.15. The summed E-state index contributed by atoms with van der Waals surface area (Å²) in [6.07, 6.45) is 1.16. The summed E-state index contributed by atoms with van der Waals surface area (Å²) >= 11 is 0. The second-order valence-corrected chi connectivity index (χ2v) is 2.83. The van der Waals surface area contributed by atoms with Gasteiger partial charge in [0.15, 0.2) is 0 Å². The van der Waals surface area contributed by atoms with Crippen LogP contribution in [0, 0.1) is 0 Å². The fourth-order valence-corrected chi connectivity index (χ4v) is 1.10. The molecule has 0 aromatic heterocycles. The van der Waals surface area contributed by atoms with Crippen molar-refractivity contribution >= 4 is 0 Å². The monoisotopic (exact) mass is 160 g/mol. The number of nitrogens with two attached hydrogens (primary N) is 1. The van der Waals surface area contributed by atoms with Crippen LogP contribution in [-0.4, -0.2) is 44.8 Å². The van der Waals surface area contributed by atoms with Crippen LogP contribution in [0.15, 0.2) is 0 Å². The van der Waals surface area contributed by atoms with Crippen LogP contribution in [0.1, 0.15) is 13.3 Å². The number of hydrogen-bond donors (Lipinski definition) is 1. The average molecular weight is 160 g/mol. The Morgan fingerprint density at radius 3 is 2.55 bits per heavy atom. The lowest BCUT2D eigenvalue weighted by Crippen LogP contribution is -2.41. The minimum Gasteiger partial charge on any atom is -0.383 e. The summed E-state index contributed by atoms with van der Waals surface area (Å²) < 4.78 is 5.04. The molecule has 0 fully saturated rings. The number of likely N-dealkylation sites (N-methyl/N-ethyl adjacent to an activating group) is 1. The summed E-state index contributed by atoms with van der Waals surface area (Å²) in [5, 5.41) is 0. The molecule has 0 spiro atoms. The Labute approximate surface area is 69.5 Å². The molecule has 0 aliphatic rings. The number of methoxy groups -OCH3 is 1. The van der Waals surface area contributed by atoms with Gasteiger partial charge in [-0.3, -0.25) is 4.90 Å². The van der Waals surface area contributed by atoms with E-state index in [-0.39, 0.29) is 0 Å². The van der Waals surface area contributed by atoms with Crippen LogP contribution < -0.4 is 5.73 Å². The third kappa shape index (κ3) is 4.35. The molecule has 0 radical (unpaired) electrons. The molecule has 0 rings (SSSR count). The SMILES string of the molecule is CCCN(C)C(CN)COC. The highest BCUT2D eigenvalue weighted by molar-refractivity contribution is 4.67. The second kappa shape index (κ2) is 6.58. The first-order valence-corrected chi connectivity index (χ1v) is 4.15. The fraction of sp³-hybridized carbons (Fsp3) is 1.00. The predicted molar refractivity (Wildman–Crippen MR) is 47.6 cm³/mol. The highest BCUT2D eigenvalue weighted by Gasteiger charge is 2.10. The van der Waals surface area contributed by atoms with E-state index in [1.165, 1.54) is 0 Å². The van der Waals surface area contributed by atoms with Crippen molar-refractivity contribution in [1.82, 2.24) is 4.90 Å². The van der Waals surface area contributed by atoms with Gasteiger partial charge < -0.3 is 10.5 Å². The van der Waals surface area contributed by atoms with Crippen molar-refractivity contribution < 1.29 is 4.74 Å². The lowest BCUT2D eigenvalue weighted by molar-refractivity contribution is 0.110. The van der Waals surface area contributed by atoms with Gasteiger partial charge in [-0.1, -0.05) is 6.92 Å². The van der Waals surface area contributed by atoms with Crippen LogP contribution in [0.25, 0.3) is 0 Å². The van der Waals surface area contributed by atoms with E-state index >= 15 is 0 Å².